The molecule has 1 amide bonds. The summed E-state index contributed by atoms with van der Waals surface area (Å²) >= 11 is 5.89. The Morgan fingerprint density at radius 2 is 1.72 bits per heavy atom. The number of anilines is 1. The summed E-state index contributed by atoms with van der Waals surface area (Å²) in [6.07, 6.45) is 3.10. The molecule has 0 unspecified atom stereocenters. The van der Waals surface area contributed by atoms with Crippen LogP contribution in [0.1, 0.15) is 29.6 Å². The maximum Gasteiger partial charge on any atom is 0.261 e. The normalized spacial score (nSPS) is 15.0. The van der Waals surface area contributed by atoms with E-state index in [1.807, 2.05) is 0 Å². The third kappa shape index (κ3) is 4.32. The van der Waals surface area contributed by atoms with Gasteiger partial charge in [0, 0.05) is 23.7 Å². The lowest BCUT2D eigenvalue weighted by Gasteiger charge is -2.26. The number of likely N-dealkylation sites (tertiary alicyclic amines) is 1. The monoisotopic (exact) mass is 378 g/mol. The highest BCUT2D eigenvalue weighted by Gasteiger charge is 2.21. The first-order chi connectivity index (χ1) is 12.0. The van der Waals surface area contributed by atoms with Crippen LogP contribution in [0.15, 0.2) is 53.4 Å². The van der Waals surface area contributed by atoms with E-state index in [1.54, 1.807) is 35.2 Å². The van der Waals surface area contributed by atoms with Crippen molar-refractivity contribution in [3.8, 4) is 0 Å². The van der Waals surface area contributed by atoms with Gasteiger partial charge >= 0.3 is 0 Å². The Bertz CT molecular complexity index is 877. The van der Waals surface area contributed by atoms with Crippen LogP contribution in [0.2, 0.25) is 5.02 Å². The highest BCUT2D eigenvalue weighted by molar-refractivity contribution is 7.92. The Hall–Kier alpha value is -2.05. The quantitative estimate of drug-likeness (QED) is 0.880. The van der Waals surface area contributed by atoms with Crippen molar-refractivity contribution in [2.45, 2.75) is 24.2 Å². The minimum absolute atomic E-state index is 0.0512. The molecular formula is C18H19ClN2O3S. The Labute approximate surface area is 152 Å². The summed E-state index contributed by atoms with van der Waals surface area (Å²) < 4.78 is 27.7. The number of rotatable bonds is 4. The summed E-state index contributed by atoms with van der Waals surface area (Å²) in [6.45, 7) is 1.44. The molecule has 0 saturated carbocycles. The molecule has 1 N–H and O–H groups in total. The van der Waals surface area contributed by atoms with Crippen molar-refractivity contribution in [1.82, 2.24) is 4.90 Å². The van der Waals surface area contributed by atoms with E-state index in [-0.39, 0.29) is 10.8 Å². The molecule has 1 saturated heterocycles. The highest BCUT2D eigenvalue weighted by Crippen LogP contribution is 2.21. The zero-order valence-electron chi connectivity index (χ0n) is 13.6. The van der Waals surface area contributed by atoms with Gasteiger partial charge in [-0.1, -0.05) is 23.7 Å². The molecule has 0 atom stereocenters. The number of halogens is 1. The molecule has 1 heterocycles. The summed E-state index contributed by atoms with van der Waals surface area (Å²) in [6, 6.07) is 12.6. The molecule has 25 heavy (non-hydrogen) atoms. The van der Waals surface area contributed by atoms with Crippen molar-refractivity contribution in [1.29, 1.82) is 0 Å². The Balaban J connectivity index is 1.83. The zero-order chi connectivity index (χ0) is 17.9. The predicted octanol–water partition coefficient (Wildman–Crippen LogP) is 3.77. The van der Waals surface area contributed by atoms with Gasteiger partial charge in [-0.2, -0.15) is 0 Å². The first-order valence-electron chi connectivity index (χ1n) is 8.13. The topological polar surface area (TPSA) is 66.5 Å². The van der Waals surface area contributed by atoms with Gasteiger partial charge in [0.1, 0.15) is 0 Å². The molecule has 7 heteroatoms. The fourth-order valence-corrected chi connectivity index (χ4v) is 4.13. The molecule has 132 valence electrons. The molecule has 0 spiro atoms. The average Bonchev–Trinajstić information content (AvgIpc) is 2.61. The van der Waals surface area contributed by atoms with Crippen LogP contribution in [0.4, 0.5) is 5.69 Å². The number of nitrogens with zero attached hydrogens (tertiary/aromatic N) is 1. The van der Waals surface area contributed by atoms with E-state index < -0.39 is 10.0 Å². The number of sulfonamides is 1. The number of carbonyl (C=O) groups excluding carboxylic acids is 1. The van der Waals surface area contributed by atoms with Crippen LogP contribution in [-0.4, -0.2) is 32.3 Å². The second kappa shape index (κ2) is 7.45. The zero-order valence-corrected chi connectivity index (χ0v) is 15.2. The second-order valence-electron chi connectivity index (χ2n) is 6.00. The van der Waals surface area contributed by atoms with Crippen molar-refractivity contribution in [3.05, 3.63) is 59.1 Å². The second-order valence-corrected chi connectivity index (χ2v) is 8.12. The third-order valence-electron chi connectivity index (χ3n) is 4.11. The number of carbonyl (C=O) groups is 1. The van der Waals surface area contributed by atoms with Crippen molar-refractivity contribution in [2.75, 3.05) is 17.8 Å². The molecule has 0 aromatic heterocycles. The standard InChI is InChI=1S/C18H19ClN2O3S/c19-15-7-5-8-16(13-15)20-25(23,24)17-9-4-6-14(12-17)18(22)21-10-2-1-3-11-21/h4-9,12-13,20H,1-3,10-11H2. The van der Waals surface area contributed by atoms with Crippen LogP contribution >= 0.6 is 11.6 Å². The summed E-state index contributed by atoms with van der Waals surface area (Å²) in [5.74, 6) is -0.125. The number of amides is 1. The van der Waals surface area contributed by atoms with Gasteiger partial charge in [-0.15, -0.1) is 0 Å². The third-order valence-corrected chi connectivity index (χ3v) is 5.73. The van der Waals surface area contributed by atoms with Gasteiger partial charge in [0.15, 0.2) is 0 Å². The lowest BCUT2D eigenvalue weighted by molar-refractivity contribution is 0.0724. The molecule has 2 aromatic rings. The van der Waals surface area contributed by atoms with Crippen LogP contribution in [0.3, 0.4) is 0 Å². The van der Waals surface area contributed by atoms with Crippen LogP contribution in [-0.2, 0) is 10.0 Å². The number of piperidine rings is 1. The van der Waals surface area contributed by atoms with E-state index in [4.69, 9.17) is 11.6 Å². The summed E-state index contributed by atoms with van der Waals surface area (Å²) in [4.78, 5) is 14.4. The molecule has 2 aromatic carbocycles. The van der Waals surface area contributed by atoms with Crippen molar-refractivity contribution in [2.24, 2.45) is 0 Å². The lowest BCUT2D eigenvalue weighted by atomic mass is 10.1. The smallest absolute Gasteiger partial charge is 0.261 e. The van der Waals surface area contributed by atoms with Gasteiger partial charge in [0.05, 0.1) is 10.6 Å². The van der Waals surface area contributed by atoms with Crippen LogP contribution in [0.5, 0.6) is 0 Å². The van der Waals surface area contributed by atoms with Crippen molar-refractivity contribution >= 4 is 33.2 Å². The fraction of sp³-hybridized carbons (Fsp3) is 0.278. The maximum absolute atomic E-state index is 12.6. The largest absolute Gasteiger partial charge is 0.339 e. The van der Waals surface area contributed by atoms with Gasteiger partial charge in [-0.3, -0.25) is 9.52 Å². The van der Waals surface area contributed by atoms with E-state index in [1.165, 1.54) is 18.2 Å². The lowest BCUT2D eigenvalue weighted by Crippen LogP contribution is -2.35. The van der Waals surface area contributed by atoms with Crippen molar-refractivity contribution < 1.29 is 13.2 Å². The molecule has 5 nitrogen and oxygen atoms in total. The van der Waals surface area contributed by atoms with E-state index >= 15 is 0 Å². The number of benzene rings is 2. The summed E-state index contributed by atoms with van der Waals surface area (Å²) in [7, 11) is -3.80. The predicted molar refractivity (Wildman–Crippen MR) is 98.5 cm³/mol. The SMILES string of the molecule is O=C(c1cccc(S(=O)(=O)Nc2cccc(Cl)c2)c1)N1CCCCC1. The van der Waals surface area contributed by atoms with Crippen LogP contribution < -0.4 is 4.72 Å². The Morgan fingerprint density at radius 1 is 1.00 bits per heavy atom. The summed E-state index contributed by atoms with van der Waals surface area (Å²) in [5, 5.41) is 0.439. The van der Waals surface area contributed by atoms with E-state index in [0.717, 1.165) is 32.4 Å². The average molecular weight is 379 g/mol. The minimum atomic E-state index is -3.80. The molecule has 0 radical (unpaired) electrons. The molecule has 3 rings (SSSR count). The molecule has 1 fully saturated rings. The highest BCUT2D eigenvalue weighted by atomic mass is 35.5. The molecular weight excluding hydrogens is 360 g/mol. The maximum atomic E-state index is 12.6. The van der Waals surface area contributed by atoms with Gasteiger partial charge in [0.25, 0.3) is 15.9 Å². The minimum Gasteiger partial charge on any atom is -0.339 e. The molecule has 1 aliphatic rings. The first-order valence-corrected chi connectivity index (χ1v) is 9.99. The van der Waals surface area contributed by atoms with Gasteiger partial charge < -0.3 is 4.90 Å². The van der Waals surface area contributed by atoms with Crippen molar-refractivity contribution in [3.63, 3.8) is 0 Å². The molecule has 0 aliphatic carbocycles. The van der Waals surface area contributed by atoms with E-state index in [0.29, 0.717) is 16.3 Å². The summed E-state index contributed by atoms with van der Waals surface area (Å²) in [5.41, 5.74) is 0.760. The van der Waals surface area contributed by atoms with E-state index in [9.17, 15) is 13.2 Å². The van der Waals surface area contributed by atoms with Crippen LogP contribution in [0, 0.1) is 0 Å². The first kappa shape index (κ1) is 17.8. The Morgan fingerprint density at radius 3 is 2.44 bits per heavy atom. The number of hydrogen-bond donors (Lipinski definition) is 1. The van der Waals surface area contributed by atoms with E-state index in [2.05, 4.69) is 4.72 Å². The molecule has 1 aliphatic heterocycles. The number of nitrogens with one attached hydrogen (secondary N) is 1. The fourth-order valence-electron chi connectivity index (χ4n) is 2.84. The van der Waals surface area contributed by atoms with Gasteiger partial charge in [-0.25, -0.2) is 8.42 Å². The van der Waals surface area contributed by atoms with Gasteiger partial charge in [0.2, 0.25) is 0 Å². The molecule has 0 bridgehead atoms. The van der Waals surface area contributed by atoms with Gasteiger partial charge in [-0.05, 0) is 55.7 Å². The number of hydrogen-bond acceptors (Lipinski definition) is 3. The van der Waals surface area contributed by atoms with Crippen LogP contribution in [0.25, 0.3) is 0 Å². The Kier molecular flexibility index (Phi) is 5.30.